The van der Waals surface area contributed by atoms with Gasteiger partial charge < -0.3 is 15.0 Å². The van der Waals surface area contributed by atoms with Crippen molar-refractivity contribution in [2.24, 2.45) is 0 Å². The van der Waals surface area contributed by atoms with Crippen molar-refractivity contribution in [3.05, 3.63) is 11.9 Å². The number of likely N-dealkylation sites (N-methyl/N-ethyl adjacent to an activating group) is 2. The van der Waals surface area contributed by atoms with Crippen molar-refractivity contribution < 1.29 is 4.74 Å². The van der Waals surface area contributed by atoms with Crippen LogP contribution in [-0.4, -0.2) is 49.0 Å². The van der Waals surface area contributed by atoms with Gasteiger partial charge in [0.05, 0.1) is 25.0 Å². The molecule has 0 spiro atoms. The van der Waals surface area contributed by atoms with E-state index in [0.717, 1.165) is 24.5 Å². The number of rotatable bonds is 7. The molecule has 0 saturated carbocycles. The highest BCUT2D eigenvalue weighted by Crippen LogP contribution is 2.27. The molecule has 104 valence electrons. The first-order valence-electron chi connectivity index (χ1n) is 6.50. The van der Waals surface area contributed by atoms with Crippen LogP contribution in [0.2, 0.25) is 0 Å². The van der Waals surface area contributed by atoms with Gasteiger partial charge in [-0.1, -0.05) is 6.92 Å². The van der Waals surface area contributed by atoms with E-state index in [1.165, 1.54) is 0 Å². The van der Waals surface area contributed by atoms with E-state index in [1.807, 2.05) is 4.68 Å². The molecule has 5 nitrogen and oxygen atoms in total. The maximum absolute atomic E-state index is 5.44. The van der Waals surface area contributed by atoms with Crippen LogP contribution < -0.4 is 10.1 Å². The summed E-state index contributed by atoms with van der Waals surface area (Å²) in [6.07, 6.45) is 1.80. The summed E-state index contributed by atoms with van der Waals surface area (Å²) in [4.78, 5) is 2.17. The second-order valence-electron chi connectivity index (χ2n) is 5.01. The Morgan fingerprint density at radius 3 is 2.56 bits per heavy atom. The van der Waals surface area contributed by atoms with Crippen molar-refractivity contribution in [1.82, 2.24) is 20.0 Å². The molecule has 0 fully saturated rings. The van der Waals surface area contributed by atoms with E-state index in [4.69, 9.17) is 4.74 Å². The van der Waals surface area contributed by atoms with Gasteiger partial charge in [-0.25, -0.2) is 0 Å². The SMILES string of the molecule is CCNC(CN(C)C)c1c(OC)cnn1C(C)C. The van der Waals surface area contributed by atoms with Gasteiger partial charge in [0.25, 0.3) is 0 Å². The van der Waals surface area contributed by atoms with Gasteiger partial charge in [0, 0.05) is 12.6 Å². The van der Waals surface area contributed by atoms with Crippen LogP contribution in [0.3, 0.4) is 0 Å². The van der Waals surface area contributed by atoms with Crippen LogP contribution >= 0.6 is 0 Å². The highest BCUT2D eigenvalue weighted by atomic mass is 16.5. The van der Waals surface area contributed by atoms with Crippen LogP contribution in [0.15, 0.2) is 6.20 Å². The Bertz CT molecular complexity index is 360. The minimum absolute atomic E-state index is 0.227. The van der Waals surface area contributed by atoms with Crippen LogP contribution in [0.5, 0.6) is 5.75 Å². The Kier molecular flexibility index (Phi) is 5.62. The van der Waals surface area contributed by atoms with Gasteiger partial charge in [0.1, 0.15) is 0 Å². The summed E-state index contributed by atoms with van der Waals surface area (Å²) in [7, 11) is 5.85. The quantitative estimate of drug-likeness (QED) is 0.804. The number of ether oxygens (including phenoxy) is 1. The van der Waals surface area contributed by atoms with E-state index in [-0.39, 0.29) is 6.04 Å². The highest BCUT2D eigenvalue weighted by Gasteiger charge is 2.23. The molecular formula is C13H26N4O. The summed E-state index contributed by atoms with van der Waals surface area (Å²) in [5.41, 5.74) is 1.13. The molecule has 0 aromatic carbocycles. The van der Waals surface area contributed by atoms with Crippen molar-refractivity contribution in [2.45, 2.75) is 32.9 Å². The Morgan fingerprint density at radius 2 is 2.11 bits per heavy atom. The second kappa shape index (κ2) is 6.75. The average molecular weight is 254 g/mol. The van der Waals surface area contributed by atoms with E-state index in [0.29, 0.717) is 6.04 Å². The Hall–Kier alpha value is -1.07. The molecule has 1 aromatic rings. The first-order valence-corrected chi connectivity index (χ1v) is 6.50. The number of nitrogens with one attached hydrogen (secondary N) is 1. The third-order valence-electron chi connectivity index (χ3n) is 2.84. The first-order chi connectivity index (χ1) is 8.51. The largest absolute Gasteiger partial charge is 0.493 e. The normalized spacial score (nSPS) is 13.3. The van der Waals surface area contributed by atoms with Crippen molar-refractivity contribution >= 4 is 0 Å². The number of nitrogens with zero attached hydrogens (tertiary/aromatic N) is 3. The molecule has 0 bridgehead atoms. The van der Waals surface area contributed by atoms with E-state index in [9.17, 15) is 0 Å². The molecule has 1 unspecified atom stereocenters. The van der Waals surface area contributed by atoms with Crippen LogP contribution in [-0.2, 0) is 0 Å². The van der Waals surface area contributed by atoms with Crippen LogP contribution in [0.4, 0.5) is 0 Å². The van der Waals surface area contributed by atoms with Crippen molar-refractivity contribution in [3.63, 3.8) is 0 Å². The Balaban J connectivity index is 3.10. The fraction of sp³-hybridized carbons (Fsp3) is 0.769. The molecule has 1 heterocycles. The monoisotopic (exact) mass is 254 g/mol. The highest BCUT2D eigenvalue weighted by molar-refractivity contribution is 5.29. The topological polar surface area (TPSA) is 42.3 Å². The molecular weight excluding hydrogens is 228 g/mol. The fourth-order valence-corrected chi connectivity index (χ4v) is 2.12. The van der Waals surface area contributed by atoms with Gasteiger partial charge in [0.2, 0.25) is 0 Å². The van der Waals surface area contributed by atoms with Gasteiger partial charge in [-0.15, -0.1) is 0 Å². The summed E-state index contributed by atoms with van der Waals surface area (Å²) in [6.45, 7) is 8.22. The molecule has 0 amide bonds. The first kappa shape index (κ1) is 15.0. The van der Waals surface area contributed by atoms with Crippen LogP contribution in [0.1, 0.15) is 38.5 Å². The predicted molar refractivity (Wildman–Crippen MR) is 74.1 cm³/mol. The third-order valence-corrected chi connectivity index (χ3v) is 2.84. The molecule has 0 aliphatic carbocycles. The molecule has 0 aliphatic heterocycles. The molecule has 1 rings (SSSR count). The number of methoxy groups -OCH3 is 1. The van der Waals surface area contributed by atoms with Gasteiger partial charge in [-0.3, -0.25) is 4.68 Å². The molecule has 1 aromatic heterocycles. The standard InChI is InChI=1S/C13H26N4O/c1-7-14-11(9-16(4)5)13-12(18-6)8-15-17(13)10(2)3/h8,10-11,14H,7,9H2,1-6H3. The predicted octanol–water partition coefficient (Wildman–Crippen LogP) is 1.68. The summed E-state index contributed by atoms with van der Waals surface area (Å²) in [5, 5.41) is 7.93. The number of aromatic nitrogens is 2. The fourth-order valence-electron chi connectivity index (χ4n) is 2.12. The van der Waals surface area contributed by atoms with E-state index in [1.54, 1.807) is 13.3 Å². The Labute approximate surface area is 110 Å². The summed E-state index contributed by atoms with van der Waals surface area (Å²) < 4.78 is 7.48. The number of hydrogen-bond acceptors (Lipinski definition) is 4. The smallest absolute Gasteiger partial charge is 0.161 e. The minimum Gasteiger partial charge on any atom is -0.493 e. The van der Waals surface area contributed by atoms with E-state index in [2.05, 4.69) is 50.2 Å². The van der Waals surface area contributed by atoms with Crippen LogP contribution in [0, 0.1) is 0 Å². The summed E-state index contributed by atoms with van der Waals surface area (Å²) >= 11 is 0. The zero-order valence-corrected chi connectivity index (χ0v) is 12.4. The minimum atomic E-state index is 0.227. The maximum atomic E-state index is 5.44. The van der Waals surface area contributed by atoms with Gasteiger partial charge in [-0.2, -0.15) is 5.10 Å². The van der Waals surface area contributed by atoms with Crippen molar-refractivity contribution in [3.8, 4) is 5.75 Å². The lowest BCUT2D eigenvalue weighted by Crippen LogP contribution is -2.33. The van der Waals surface area contributed by atoms with Gasteiger partial charge >= 0.3 is 0 Å². The zero-order chi connectivity index (χ0) is 13.7. The van der Waals surface area contributed by atoms with Crippen LogP contribution in [0.25, 0.3) is 0 Å². The lowest BCUT2D eigenvalue weighted by Gasteiger charge is -2.24. The number of hydrogen-bond donors (Lipinski definition) is 1. The zero-order valence-electron chi connectivity index (χ0n) is 12.4. The Morgan fingerprint density at radius 1 is 1.44 bits per heavy atom. The molecule has 0 aliphatic rings. The van der Waals surface area contributed by atoms with Crippen molar-refractivity contribution in [1.29, 1.82) is 0 Å². The van der Waals surface area contributed by atoms with Gasteiger partial charge in [-0.05, 0) is 34.5 Å². The summed E-state index contributed by atoms with van der Waals surface area (Å²) in [5.74, 6) is 0.858. The van der Waals surface area contributed by atoms with E-state index < -0.39 is 0 Å². The molecule has 1 N–H and O–H groups in total. The summed E-state index contributed by atoms with van der Waals surface area (Å²) in [6, 6.07) is 0.553. The lowest BCUT2D eigenvalue weighted by atomic mass is 10.1. The third kappa shape index (κ3) is 3.46. The molecule has 18 heavy (non-hydrogen) atoms. The average Bonchev–Trinajstić information content (AvgIpc) is 2.71. The molecule has 0 radical (unpaired) electrons. The second-order valence-corrected chi connectivity index (χ2v) is 5.01. The van der Waals surface area contributed by atoms with Crippen molar-refractivity contribution in [2.75, 3.05) is 34.3 Å². The molecule has 0 saturated heterocycles. The lowest BCUT2D eigenvalue weighted by molar-refractivity contribution is 0.317. The van der Waals surface area contributed by atoms with E-state index >= 15 is 0 Å². The molecule has 1 atom stereocenters. The molecule has 5 heteroatoms. The maximum Gasteiger partial charge on any atom is 0.161 e. The van der Waals surface area contributed by atoms with Gasteiger partial charge in [0.15, 0.2) is 5.75 Å².